The topological polar surface area (TPSA) is 67.5 Å². The molecular weight excluding hydrogens is 177 g/mol. The van der Waals surface area contributed by atoms with Crippen molar-refractivity contribution in [1.29, 1.82) is 0 Å². The third-order valence-corrected chi connectivity index (χ3v) is 1.54. The summed E-state index contributed by atoms with van der Waals surface area (Å²) in [5.41, 5.74) is 0.0619. The molecule has 2 rings (SSSR count). The van der Waals surface area contributed by atoms with Gasteiger partial charge < -0.3 is 5.11 Å². The molecule has 6 heteroatoms. The summed E-state index contributed by atoms with van der Waals surface area (Å²) in [4.78, 5) is 14.1. The van der Waals surface area contributed by atoms with E-state index in [0.717, 1.165) is 10.7 Å². The van der Waals surface area contributed by atoms with Gasteiger partial charge in [-0.3, -0.25) is 0 Å². The fourth-order valence-electron chi connectivity index (χ4n) is 0.959. The van der Waals surface area contributed by atoms with Crippen LogP contribution >= 0.6 is 0 Å². The lowest BCUT2D eigenvalue weighted by Crippen LogP contribution is -2.05. The van der Waals surface area contributed by atoms with Gasteiger partial charge in [0.15, 0.2) is 11.3 Å². The molecule has 0 aliphatic heterocycles. The zero-order valence-corrected chi connectivity index (χ0v) is 6.31. The number of carbonyl (C=O) groups is 1. The molecule has 2 aromatic rings. The Morgan fingerprint density at radius 3 is 3.00 bits per heavy atom. The molecule has 1 N–H and O–H groups in total. The Balaban J connectivity index is 2.72. The van der Waals surface area contributed by atoms with Crippen LogP contribution in [0.3, 0.4) is 0 Å². The van der Waals surface area contributed by atoms with Crippen LogP contribution in [0.1, 0.15) is 10.5 Å². The second-order valence-electron chi connectivity index (χ2n) is 2.37. The fraction of sp³-hybridized carbons (Fsp3) is 0. The van der Waals surface area contributed by atoms with Gasteiger partial charge in [-0.25, -0.2) is 9.78 Å². The number of hydrogen-bond donors (Lipinski definition) is 1. The van der Waals surface area contributed by atoms with Gasteiger partial charge in [0, 0.05) is 0 Å². The lowest BCUT2D eigenvalue weighted by molar-refractivity contribution is 0.0688. The number of aromatic nitrogens is 3. The normalized spacial score (nSPS) is 10.5. The third kappa shape index (κ3) is 1.12. The van der Waals surface area contributed by atoms with E-state index < -0.39 is 11.9 Å². The third-order valence-electron chi connectivity index (χ3n) is 1.54. The van der Waals surface area contributed by atoms with Gasteiger partial charge >= 0.3 is 5.97 Å². The van der Waals surface area contributed by atoms with E-state index in [4.69, 9.17) is 5.11 Å². The van der Waals surface area contributed by atoms with Gasteiger partial charge in [0.1, 0.15) is 0 Å². The molecule has 0 spiro atoms. The van der Waals surface area contributed by atoms with Gasteiger partial charge in [-0.1, -0.05) is 0 Å². The molecule has 0 atom stereocenters. The number of rotatable bonds is 1. The highest BCUT2D eigenvalue weighted by Gasteiger charge is 2.08. The largest absolute Gasteiger partial charge is 0.476 e. The Bertz CT molecular complexity index is 480. The molecule has 0 saturated heterocycles. The van der Waals surface area contributed by atoms with Crippen LogP contribution in [0.4, 0.5) is 4.39 Å². The zero-order chi connectivity index (χ0) is 9.42. The van der Waals surface area contributed by atoms with Crippen molar-refractivity contribution < 1.29 is 14.3 Å². The van der Waals surface area contributed by atoms with Crippen molar-refractivity contribution >= 4 is 11.6 Å². The number of imidazole rings is 1. The van der Waals surface area contributed by atoms with E-state index in [1.807, 2.05) is 0 Å². The molecule has 0 fully saturated rings. The molecule has 5 nitrogen and oxygen atoms in total. The minimum absolute atomic E-state index is 0.218. The SMILES string of the molecule is O=C(O)c1ccc2ncc(F)n2n1. The highest BCUT2D eigenvalue weighted by molar-refractivity contribution is 5.85. The molecule has 0 aliphatic rings. The molecule has 0 unspecified atom stereocenters. The van der Waals surface area contributed by atoms with Gasteiger partial charge in [-0.05, 0) is 12.1 Å². The van der Waals surface area contributed by atoms with E-state index >= 15 is 0 Å². The number of carboxylic acid groups (broad SMARTS) is 1. The number of halogens is 1. The van der Waals surface area contributed by atoms with E-state index in [-0.39, 0.29) is 11.3 Å². The van der Waals surface area contributed by atoms with Crippen LogP contribution in [0, 0.1) is 5.95 Å². The van der Waals surface area contributed by atoms with Crippen LogP contribution in [-0.2, 0) is 0 Å². The molecule has 2 aromatic heterocycles. The van der Waals surface area contributed by atoms with Crippen molar-refractivity contribution in [3.63, 3.8) is 0 Å². The van der Waals surface area contributed by atoms with Crippen molar-refractivity contribution in [2.45, 2.75) is 0 Å². The number of fused-ring (bicyclic) bond motifs is 1. The predicted molar refractivity (Wildman–Crippen MR) is 39.9 cm³/mol. The summed E-state index contributed by atoms with van der Waals surface area (Å²) < 4.78 is 13.7. The average molecular weight is 181 g/mol. The Morgan fingerprint density at radius 2 is 2.31 bits per heavy atom. The van der Waals surface area contributed by atoms with Gasteiger partial charge in [0.2, 0.25) is 5.95 Å². The maximum Gasteiger partial charge on any atom is 0.356 e. The Hall–Kier alpha value is -1.98. The summed E-state index contributed by atoms with van der Waals surface area (Å²) in [6, 6.07) is 2.66. The van der Waals surface area contributed by atoms with Gasteiger partial charge in [0.25, 0.3) is 0 Å². The van der Waals surface area contributed by atoms with Crippen molar-refractivity contribution in [2.24, 2.45) is 0 Å². The van der Waals surface area contributed by atoms with Crippen LogP contribution < -0.4 is 0 Å². The number of carboxylic acids is 1. The summed E-state index contributed by atoms with van der Waals surface area (Å²) in [6.45, 7) is 0. The first-order chi connectivity index (χ1) is 6.18. The molecule has 0 amide bonds. The van der Waals surface area contributed by atoms with Gasteiger partial charge in [0.05, 0.1) is 6.20 Å². The summed E-state index contributed by atoms with van der Waals surface area (Å²) in [7, 11) is 0. The van der Waals surface area contributed by atoms with E-state index in [1.165, 1.54) is 12.1 Å². The maximum absolute atomic E-state index is 12.8. The molecule has 0 radical (unpaired) electrons. The van der Waals surface area contributed by atoms with Gasteiger partial charge in [-0.15, -0.1) is 0 Å². The van der Waals surface area contributed by atoms with Crippen molar-refractivity contribution in [3.05, 3.63) is 30.0 Å². The van der Waals surface area contributed by atoms with E-state index in [1.54, 1.807) is 0 Å². The van der Waals surface area contributed by atoms with Crippen LogP contribution in [0.25, 0.3) is 5.65 Å². The maximum atomic E-state index is 12.8. The first kappa shape index (κ1) is 7.66. The zero-order valence-electron chi connectivity index (χ0n) is 6.31. The smallest absolute Gasteiger partial charge is 0.356 e. The first-order valence-electron chi connectivity index (χ1n) is 3.42. The quantitative estimate of drug-likeness (QED) is 0.698. The summed E-state index contributed by atoms with van der Waals surface area (Å²) in [5.74, 6) is -1.88. The lowest BCUT2D eigenvalue weighted by atomic mass is 10.4. The highest BCUT2D eigenvalue weighted by atomic mass is 19.1. The van der Waals surface area contributed by atoms with E-state index in [2.05, 4.69) is 10.1 Å². The summed E-state index contributed by atoms with van der Waals surface area (Å²) in [5, 5.41) is 12.1. The van der Waals surface area contributed by atoms with Crippen LogP contribution in [-0.4, -0.2) is 25.7 Å². The Labute approximate surface area is 71.4 Å². The molecule has 0 bridgehead atoms. The van der Waals surface area contributed by atoms with Crippen molar-refractivity contribution in [2.75, 3.05) is 0 Å². The van der Waals surface area contributed by atoms with Crippen molar-refractivity contribution in [1.82, 2.24) is 14.6 Å². The number of hydrogen-bond acceptors (Lipinski definition) is 3. The monoisotopic (exact) mass is 181 g/mol. The highest BCUT2D eigenvalue weighted by Crippen LogP contribution is 2.04. The molecule has 13 heavy (non-hydrogen) atoms. The Morgan fingerprint density at radius 1 is 1.54 bits per heavy atom. The van der Waals surface area contributed by atoms with Crippen molar-refractivity contribution in [3.8, 4) is 0 Å². The Kier molecular flexibility index (Phi) is 1.48. The minimum Gasteiger partial charge on any atom is -0.476 e. The molecular formula is C7H4FN3O2. The van der Waals surface area contributed by atoms with Gasteiger partial charge in [-0.2, -0.15) is 14.0 Å². The lowest BCUT2D eigenvalue weighted by Gasteiger charge is -1.94. The van der Waals surface area contributed by atoms with Crippen LogP contribution in [0.2, 0.25) is 0 Å². The second-order valence-corrected chi connectivity index (χ2v) is 2.37. The van der Waals surface area contributed by atoms with E-state index in [9.17, 15) is 9.18 Å². The standard InChI is InChI=1S/C7H4FN3O2/c8-5-3-9-6-2-1-4(7(12)13)10-11(5)6/h1-3H,(H,12,13). The fourth-order valence-corrected chi connectivity index (χ4v) is 0.959. The van der Waals surface area contributed by atoms with E-state index in [0.29, 0.717) is 0 Å². The minimum atomic E-state index is -1.20. The summed E-state index contributed by atoms with van der Waals surface area (Å²) >= 11 is 0. The molecule has 0 saturated carbocycles. The predicted octanol–water partition coefficient (Wildman–Crippen LogP) is 0.567. The second kappa shape index (κ2) is 2.51. The average Bonchev–Trinajstić information content (AvgIpc) is 2.47. The molecule has 66 valence electrons. The molecule has 2 heterocycles. The summed E-state index contributed by atoms with van der Waals surface area (Å²) in [6.07, 6.45) is 0.980. The number of aromatic carboxylic acids is 1. The van der Waals surface area contributed by atoms with Crippen LogP contribution in [0.15, 0.2) is 18.3 Å². The first-order valence-corrected chi connectivity index (χ1v) is 3.42. The molecule has 0 aromatic carbocycles. The van der Waals surface area contributed by atoms with Crippen LogP contribution in [0.5, 0.6) is 0 Å². The number of nitrogens with zero attached hydrogens (tertiary/aromatic N) is 3. The molecule has 0 aliphatic carbocycles.